The number of carbonyl (C=O) groups is 1. The number of nitrogens with zero attached hydrogens (tertiary/aromatic N) is 5. The predicted octanol–water partition coefficient (Wildman–Crippen LogP) is 1.46. The average Bonchev–Trinajstić information content (AvgIpc) is 3.02. The molecule has 1 aliphatic heterocycles. The van der Waals surface area contributed by atoms with Crippen LogP contribution in [-0.4, -0.2) is 57.5 Å². The highest BCUT2D eigenvalue weighted by Crippen LogP contribution is 2.27. The van der Waals surface area contributed by atoms with Gasteiger partial charge in [0.1, 0.15) is 12.4 Å². The Kier molecular flexibility index (Phi) is 5.45. The average molecular weight is 343 g/mol. The summed E-state index contributed by atoms with van der Waals surface area (Å²) >= 11 is 0. The summed E-state index contributed by atoms with van der Waals surface area (Å²) in [5.41, 5.74) is 2.28. The zero-order valence-electron chi connectivity index (χ0n) is 15.1. The van der Waals surface area contributed by atoms with Gasteiger partial charge in [-0.15, -0.1) is 0 Å². The van der Waals surface area contributed by atoms with Crippen molar-refractivity contribution in [2.75, 3.05) is 27.2 Å². The van der Waals surface area contributed by atoms with Crippen LogP contribution in [-0.2, 0) is 29.2 Å². The molecule has 0 aromatic carbocycles. The van der Waals surface area contributed by atoms with Crippen LogP contribution < -0.4 is 0 Å². The molecule has 1 aliphatic rings. The highest BCUT2D eigenvalue weighted by Gasteiger charge is 2.27. The van der Waals surface area contributed by atoms with Gasteiger partial charge < -0.3 is 14.2 Å². The molecular formula is C18H25N5O2. The highest BCUT2D eigenvalue weighted by atomic mass is 16.5. The van der Waals surface area contributed by atoms with Crippen molar-refractivity contribution < 1.29 is 9.53 Å². The van der Waals surface area contributed by atoms with E-state index in [1.807, 2.05) is 18.6 Å². The molecule has 0 radical (unpaired) electrons. The van der Waals surface area contributed by atoms with Gasteiger partial charge in [-0.1, -0.05) is 0 Å². The Morgan fingerprint density at radius 3 is 2.80 bits per heavy atom. The summed E-state index contributed by atoms with van der Waals surface area (Å²) in [6.07, 6.45) is 5.52. The van der Waals surface area contributed by atoms with E-state index in [2.05, 4.69) is 38.5 Å². The summed E-state index contributed by atoms with van der Waals surface area (Å²) in [6, 6.07) is 4.34. The van der Waals surface area contributed by atoms with Gasteiger partial charge in [-0.3, -0.25) is 14.7 Å². The monoisotopic (exact) mass is 343 g/mol. The maximum atomic E-state index is 11.6. The van der Waals surface area contributed by atoms with Crippen LogP contribution in [0, 0.1) is 0 Å². The smallest absolute Gasteiger partial charge is 0.248 e. The maximum Gasteiger partial charge on any atom is 0.248 e. The van der Waals surface area contributed by atoms with Crippen molar-refractivity contribution in [3.63, 3.8) is 0 Å². The van der Waals surface area contributed by atoms with Crippen LogP contribution in [0.5, 0.6) is 0 Å². The van der Waals surface area contributed by atoms with Gasteiger partial charge in [-0.25, -0.2) is 4.98 Å². The topological polar surface area (TPSA) is 63.5 Å². The van der Waals surface area contributed by atoms with Gasteiger partial charge in [0.15, 0.2) is 0 Å². The number of imidazole rings is 1. The lowest BCUT2D eigenvalue weighted by Gasteiger charge is -2.34. The highest BCUT2D eigenvalue weighted by molar-refractivity contribution is 5.76. The van der Waals surface area contributed by atoms with E-state index in [0.29, 0.717) is 6.61 Å². The number of pyridine rings is 1. The van der Waals surface area contributed by atoms with E-state index in [9.17, 15) is 4.79 Å². The lowest BCUT2D eigenvalue weighted by Crippen LogP contribution is -2.37. The molecule has 0 bridgehead atoms. The van der Waals surface area contributed by atoms with Crippen molar-refractivity contribution in [3.8, 4) is 0 Å². The molecule has 0 aliphatic carbocycles. The van der Waals surface area contributed by atoms with E-state index in [-0.39, 0.29) is 18.6 Å². The summed E-state index contributed by atoms with van der Waals surface area (Å²) in [7, 11) is 3.46. The van der Waals surface area contributed by atoms with Crippen LogP contribution in [0.3, 0.4) is 0 Å². The van der Waals surface area contributed by atoms with Crippen LogP contribution in [0.15, 0.2) is 30.7 Å². The van der Waals surface area contributed by atoms with E-state index < -0.39 is 0 Å². The molecule has 0 saturated heterocycles. The minimum Gasteiger partial charge on any atom is -0.365 e. The van der Waals surface area contributed by atoms with E-state index >= 15 is 0 Å². The van der Waals surface area contributed by atoms with Crippen LogP contribution in [0.2, 0.25) is 0 Å². The second kappa shape index (κ2) is 7.76. The molecule has 0 fully saturated rings. The first-order valence-corrected chi connectivity index (χ1v) is 8.51. The van der Waals surface area contributed by atoms with Gasteiger partial charge >= 0.3 is 0 Å². The zero-order chi connectivity index (χ0) is 17.8. The maximum absolute atomic E-state index is 11.6. The molecule has 7 nitrogen and oxygen atoms in total. The Morgan fingerprint density at radius 2 is 2.08 bits per heavy atom. The normalized spacial score (nSPS) is 17.3. The number of ether oxygens (including phenoxy) is 1. The van der Waals surface area contributed by atoms with E-state index in [0.717, 1.165) is 31.2 Å². The molecule has 2 aromatic rings. The van der Waals surface area contributed by atoms with Gasteiger partial charge in [0, 0.05) is 46.1 Å². The number of amides is 1. The standard InChI is InChI=1S/C18H25N5O2/c1-14-18-20-10-16(12-25-13-17(24)21(2)3)23(18)9-8-22(14)11-15-4-6-19-7-5-15/h4-7,10,14H,8-9,11-13H2,1-3H3/t14-/m0/s1. The van der Waals surface area contributed by atoms with Gasteiger partial charge in [0.25, 0.3) is 0 Å². The number of aromatic nitrogens is 3. The Hall–Kier alpha value is -2.25. The summed E-state index contributed by atoms with van der Waals surface area (Å²) in [5, 5.41) is 0. The van der Waals surface area contributed by atoms with Crippen LogP contribution in [0.25, 0.3) is 0 Å². The predicted molar refractivity (Wildman–Crippen MR) is 93.6 cm³/mol. The first-order valence-electron chi connectivity index (χ1n) is 8.51. The molecule has 0 N–H and O–H groups in total. The fraction of sp³-hybridized carbons (Fsp3) is 0.500. The molecule has 0 spiro atoms. The molecule has 25 heavy (non-hydrogen) atoms. The van der Waals surface area contributed by atoms with Crippen LogP contribution in [0.1, 0.15) is 30.0 Å². The minimum absolute atomic E-state index is 0.0322. The Balaban J connectivity index is 1.62. The van der Waals surface area contributed by atoms with Crippen molar-refractivity contribution in [1.82, 2.24) is 24.3 Å². The molecule has 3 rings (SSSR count). The lowest BCUT2D eigenvalue weighted by atomic mass is 10.1. The molecule has 1 amide bonds. The Labute approximate surface area is 148 Å². The van der Waals surface area contributed by atoms with Crippen molar-refractivity contribution in [3.05, 3.63) is 47.8 Å². The summed E-state index contributed by atoms with van der Waals surface area (Å²) in [6.45, 7) is 5.40. The van der Waals surface area contributed by atoms with Gasteiger partial charge in [-0.05, 0) is 24.6 Å². The van der Waals surface area contributed by atoms with Crippen molar-refractivity contribution >= 4 is 5.91 Å². The fourth-order valence-electron chi connectivity index (χ4n) is 3.03. The molecule has 0 saturated carbocycles. The lowest BCUT2D eigenvalue weighted by molar-refractivity contribution is -0.134. The first-order chi connectivity index (χ1) is 12.1. The summed E-state index contributed by atoms with van der Waals surface area (Å²) < 4.78 is 7.77. The van der Waals surface area contributed by atoms with E-state index in [4.69, 9.17) is 4.74 Å². The summed E-state index contributed by atoms with van der Waals surface area (Å²) in [5.74, 6) is 1.02. The molecule has 2 aromatic heterocycles. The van der Waals surface area contributed by atoms with Gasteiger partial charge in [-0.2, -0.15) is 0 Å². The third-order valence-corrected chi connectivity index (χ3v) is 4.61. The first kappa shape index (κ1) is 17.6. The summed E-state index contributed by atoms with van der Waals surface area (Å²) in [4.78, 5) is 24.2. The zero-order valence-corrected chi connectivity index (χ0v) is 15.1. The third kappa shape index (κ3) is 4.05. The second-order valence-electron chi connectivity index (χ2n) is 6.54. The minimum atomic E-state index is -0.0322. The largest absolute Gasteiger partial charge is 0.365 e. The number of hydrogen-bond donors (Lipinski definition) is 0. The number of hydrogen-bond acceptors (Lipinski definition) is 5. The van der Waals surface area contributed by atoms with Gasteiger partial charge in [0.05, 0.1) is 24.5 Å². The molecule has 3 heterocycles. The van der Waals surface area contributed by atoms with Crippen molar-refractivity contribution in [1.29, 1.82) is 0 Å². The van der Waals surface area contributed by atoms with Crippen LogP contribution >= 0.6 is 0 Å². The fourth-order valence-corrected chi connectivity index (χ4v) is 3.03. The molecular weight excluding hydrogens is 318 g/mol. The molecule has 0 unspecified atom stereocenters. The molecule has 7 heteroatoms. The number of rotatable bonds is 6. The number of fused-ring (bicyclic) bond motifs is 1. The Bertz CT molecular complexity index is 714. The Morgan fingerprint density at radius 1 is 1.32 bits per heavy atom. The van der Waals surface area contributed by atoms with E-state index in [1.165, 1.54) is 10.5 Å². The van der Waals surface area contributed by atoms with Crippen molar-refractivity contribution in [2.24, 2.45) is 0 Å². The third-order valence-electron chi connectivity index (χ3n) is 4.61. The van der Waals surface area contributed by atoms with E-state index in [1.54, 1.807) is 14.1 Å². The van der Waals surface area contributed by atoms with Crippen molar-refractivity contribution in [2.45, 2.75) is 32.7 Å². The van der Waals surface area contributed by atoms with Crippen LogP contribution in [0.4, 0.5) is 0 Å². The van der Waals surface area contributed by atoms with Gasteiger partial charge in [0.2, 0.25) is 5.91 Å². The second-order valence-corrected chi connectivity index (χ2v) is 6.54. The molecule has 134 valence electrons. The number of likely N-dealkylation sites (N-methyl/N-ethyl adjacent to an activating group) is 1. The quantitative estimate of drug-likeness (QED) is 0.795. The SMILES string of the molecule is C[C@H]1c2ncc(COCC(=O)N(C)C)n2CCN1Cc1ccncc1. The molecule has 1 atom stereocenters. The number of carbonyl (C=O) groups excluding carboxylic acids is 1.